The maximum absolute atomic E-state index is 12.7. The third kappa shape index (κ3) is 4.85. The first-order valence-corrected chi connectivity index (χ1v) is 12.1. The van der Waals surface area contributed by atoms with Crippen LogP contribution in [0.5, 0.6) is 0 Å². The van der Waals surface area contributed by atoms with Gasteiger partial charge in [0.1, 0.15) is 11.4 Å². The van der Waals surface area contributed by atoms with E-state index < -0.39 is 5.60 Å². The molecule has 2 heterocycles. The highest BCUT2D eigenvalue weighted by molar-refractivity contribution is 14.1. The number of aromatic amines is 1. The zero-order chi connectivity index (χ0) is 23.0. The summed E-state index contributed by atoms with van der Waals surface area (Å²) in [5, 5.41) is 0. The van der Waals surface area contributed by atoms with Crippen molar-refractivity contribution < 1.29 is 9.53 Å². The molecule has 1 fully saturated rings. The Hall–Kier alpha value is -2.35. The Morgan fingerprint density at radius 2 is 1.88 bits per heavy atom. The van der Waals surface area contributed by atoms with Gasteiger partial charge in [-0.05, 0) is 98.9 Å². The maximum Gasteiger partial charge on any atom is 0.410 e. The highest BCUT2D eigenvalue weighted by Gasteiger charge is 2.34. The zero-order valence-corrected chi connectivity index (χ0v) is 21.5. The molecule has 32 heavy (non-hydrogen) atoms. The van der Waals surface area contributed by atoms with Crippen LogP contribution in [0.25, 0.3) is 22.4 Å². The van der Waals surface area contributed by atoms with E-state index in [1.807, 2.05) is 27.0 Å². The summed E-state index contributed by atoms with van der Waals surface area (Å²) in [6.45, 7) is 10.6. The minimum absolute atomic E-state index is 0.0832. The summed E-state index contributed by atoms with van der Waals surface area (Å²) in [6, 6.07) is 13.0. The van der Waals surface area contributed by atoms with Crippen molar-refractivity contribution in [3.8, 4) is 22.4 Å². The van der Waals surface area contributed by atoms with Crippen molar-refractivity contribution in [2.24, 2.45) is 0 Å². The molecule has 4 rings (SSSR count). The van der Waals surface area contributed by atoms with Crippen LogP contribution in [0.2, 0.25) is 0 Å². The lowest BCUT2D eigenvalue weighted by Gasteiger charge is -2.27. The molecule has 1 saturated heterocycles. The van der Waals surface area contributed by atoms with Gasteiger partial charge in [0.05, 0.1) is 17.9 Å². The van der Waals surface area contributed by atoms with Gasteiger partial charge in [0.2, 0.25) is 0 Å². The van der Waals surface area contributed by atoms with E-state index in [1.54, 1.807) is 4.90 Å². The second-order valence-corrected chi connectivity index (χ2v) is 10.6. The predicted molar refractivity (Wildman–Crippen MR) is 137 cm³/mol. The van der Waals surface area contributed by atoms with Gasteiger partial charge in [-0.2, -0.15) is 0 Å². The van der Waals surface area contributed by atoms with Gasteiger partial charge >= 0.3 is 6.09 Å². The number of ether oxygens (including phenoxy) is 1. The van der Waals surface area contributed by atoms with E-state index in [4.69, 9.17) is 4.74 Å². The number of H-pyrrole nitrogens is 1. The van der Waals surface area contributed by atoms with E-state index in [1.165, 1.54) is 25.8 Å². The topological polar surface area (TPSA) is 58.2 Å². The number of nitrogens with one attached hydrogen (secondary N) is 1. The standard InChI is InChI=1S/C26H30IN3O2/c1-16-8-10-18(11-9-16)20-14-19(13-17(2)23(20)27)21-15-28-24(29-21)22-7-6-12-30(22)25(31)32-26(3,4)5/h8-11,13-15,22H,6-7,12H2,1-5H3,(H,28,29)/t22-/m0/s1. The number of nitrogens with zero attached hydrogens (tertiary/aromatic N) is 2. The van der Waals surface area contributed by atoms with Crippen LogP contribution in [-0.2, 0) is 4.74 Å². The highest BCUT2D eigenvalue weighted by Crippen LogP contribution is 2.35. The summed E-state index contributed by atoms with van der Waals surface area (Å²) in [5.74, 6) is 0.816. The number of imidazole rings is 1. The lowest BCUT2D eigenvalue weighted by Crippen LogP contribution is -2.36. The number of halogens is 1. The number of amides is 1. The number of benzene rings is 2. The Kier molecular flexibility index (Phi) is 6.34. The molecular formula is C26H30IN3O2. The fourth-order valence-electron chi connectivity index (χ4n) is 4.11. The van der Waals surface area contributed by atoms with Crippen molar-refractivity contribution >= 4 is 28.7 Å². The predicted octanol–water partition coefficient (Wildman–Crippen LogP) is 7.04. The lowest BCUT2D eigenvalue weighted by molar-refractivity contribution is 0.0218. The number of carbonyl (C=O) groups excluding carboxylic acids is 1. The third-order valence-corrected chi connectivity index (χ3v) is 7.15. The van der Waals surface area contributed by atoms with Crippen LogP contribution in [0.3, 0.4) is 0 Å². The third-order valence-electron chi connectivity index (χ3n) is 5.72. The van der Waals surface area contributed by atoms with Crippen molar-refractivity contribution in [2.45, 2.75) is 59.1 Å². The van der Waals surface area contributed by atoms with E-state index >= 15 is 0 Å². The van der Waals surface area contributed by atoms with Gasteiger partial charge < -0.3 is 9.72 Å². The zero-order valence-electron chi connectivity index (χ0n) is 19.3. The molecule has 0 radical (unpaired) electrons. The molecule has 1 aromatic heterocycles. The molecule has 0 aliphatic carbocycles. The second kappa shape index (κ2) is 8.89. The van der Waals surface area contributed by atoms with Crippen molar-refractivity contribution in [3.63, 3.8) is 0 Å². The molecule has 5 nitrogen and oxygen atoms in total. The van der Waals surface area contributed by atoms with Gasteiger partial charge in [0, 0.05) is 15.7 Å². The molecule has 1 aliphatic rings. The Morgan fingerprint density at radius 3 is 2.56 bits per heavy atom. The normalized spacial score (nSPS) is 16.4. The van der Waals surface area contributed by atoms with Gasteiger partial charge in [-0.15, -0.1) is 0 Å². The lowest BCUT2D eigenvalue weighted by atomic mass is 9.98. The molecule has 3 aromatic rings. The highest BCUT2D eigenvalue weighted by atomic mass is 127. The van der Waals surface area contributed by atoms with Crippen LogP contribution in [0, 0.1) is 17.4 Å². The minimum atomic E-state index is -0.510. The molecule has 2 aromatic carbocycles. The van der Waals surface area contributed by atoms with E-state index in [2.05, 4.69) is 82.8 Å². The molecule has 0 saturated carbocycles. The molecule has 1 aliphatic heterocycles. The largest absolute Gasteiger partial charge is 0.444 e. The number of hydrogen-bond donors (Lipinski definition) is 1. The number of aromatic nitrogens is 2. The summed E-state index contributed by atoms with van der Waals surface area (Å²) in [4.78, 5) is 22.6. The number of rotatable bonds is 3. The van der Waals surface area contributed by atoms with Crippen LogP contribution in [-0.4, -0.2) is 33.1 Å². The van der Waals surface area contributed by atoms with Crippen LogP contribution in [0.1, 0.15) is 56.6 Å². The molecule has 1 N–H and O–H groups in total. The van der Waals surface area contributed by atoms with E-state index in [0.29, 0.717) is 6.54 Å². The summed E-state index contributed by atoms with van der Waals surface area (Å²) < 4.78 is 6.86. The monoisotopic (exact) mass is 543 g/mol. The average molecular weight is 543 g/mol. The fourth-order valence-corrected chi connectivity index (χ4v) is 4.73. The maximum atomic E-state index is 12.7. The van der Waals surface area contributed by atoms with Crippen LogP contribution in [0.4, 0.5) is 4.79 Å². The minimum Gasteiger partial charge on any atom is -0.444 e. The first-order chi connectivity index (χ1) is 15.1. The van der Waals surface area contributed by atoms with E-state index in [0.717, 1.165) is 29.9 Å². The molecule has 6 heteroatoms. The summed E-state index contributed by atoms with van der Waals surface area (Å²) in [7, 11) is 0. The van der Waals surface area contributed by atoms with Crippen LogP contribution in [0.15, 0.2) is 42.6 Å². The van der Waals surface area contributed by atoms with Crippen molar-refractivity contribution in [3.05, 3.63) is 63.1 Å². The van der Waals surface area contributed by atoms with Crippen LogP contribution < -0.4 is 0 Å². The molecule has 1 amide bonds. The van der Waals surface area contributed by atoms with E-state index in [-0.39, 0.29) is 12.1 Å². The Balaban J connectivity index is 1.64. The first-order valence-electron chi connectivity index (χ1n) is 11.0. The number of likely N-dealkylation sites (tertiary alicyclic amines) is 1. The molecule has 1 atom stereocenters. The van der Waals surface area contributed by atoms with Gasteiger partial charge in [0.15, 0.2) is 0 Å². The first kappa shape index (κ1) is 22.8. The molecule has 0 unspecified atom stereocenters. The number of carbonyl (C=O) groups is 1. The van der Waals surface area contributed by atoms with Gasteiger partial charge in [-0.1, -0.05) is 29.8 Å². The number of aryl methyl sites for hydroxylation is 2. The average Bonchev–Trinajstić information content (AvgIpc) is 3.38. The molecule has 0 spiro atoms. The summed E-state index contributed by atoms with van der Waals surface area (Å²) >= 11 is 2.43. The summed E-state index contributed by atoms with van der Waals surface area (Å²) in [6.07, 6.45) is 3.43. The Morgan fingerprint density at radius 1 is 1.16 bits per heavy atom. The fraction of sp³-hybridized carbons (Fsp3) is 0.385. The molecule has 0 bridgehead atoms. The van der Waals surface area contributed by atoms with Gasteiger partial charge in [-0.3, -0.25) is 4.90 Å². The van der Waals surface area contributed by atoms with E-state index in [9.17, 15) is 4.79 Å². The molecule has 168 valence electrons. The molecular weight excluding hydrogens is 513 g/mol. The van der Waals surface area contributed by atoms with Crippen molar-refractivity contribution in [2.75, 3.05) is 6.54 Å². The SMILES string of the molecule is Cc1ccc(-c2cc(-c3cnc([C@@H]4CCCN4C(=O)OC(C)(C)C)[nH]3)cc(C)c2I)cc1. The Labute approximate surface area is 203 Å². The smallest absolute Gasteiger partial charge is 0.410 e. The van der Waals surface area contributed by atoms with Gasteiger partial charge in [0.25, 0.3) is 0 Å². The van der Waals surface area contributed by atoms with Crippen molar-refractivity contribution in [1.29, 1.82) is 0 Å². The second-order valence-electron chi connectivity index (χ2n) is 9.53. The quantitative estimate of drug-likeness (QED) is 0.361. The summed E-state index contributed by atoms with van der Waals surface area (Å²) in [5.41, 5.74) is 6.45. The van der Waals surface area contributed by atoms with Gasteiger partial charge in [-0.25, -0.2) is 9.78 Å². The number of hydrogen-bond acceptors (Lipinski definition) is 3. The Bertz CT molecular complexity index is 1130. The van der Waals surface area contributed by atoms with Crippen molar-refractivity contribution in [1.82, 2.24) is 14.9 Å². The van der Waals surface area contributed by atoms with Crippen LogP contribution >= 0.6 is 22.6 Å².